The van der Waals surface area contributed by atoms with Crippen LogP contribution in [0.25, 0.3) is 11.0 Å². The molecule has 6 heteroatoms. The van der Waals surface area contributed by atoms with Gasteiger partial charge in [-0.25, -0.2) is 4.98 Å². The quantitative estimate of drug-likeness (QED) is 0.667. The van der Waals surface area contributed by atoms with Crippen molar-refractivity contribution in [1.29, 1.82) is 0 Å². The summed E-state index contributed by atoms with van der Waals surface area (Å²) < 4.78 is 17.7. The highest BCUT2D eigenvalue weighted by Crippen LogP contribution is 2.18. The van der Waals surface area contributed by atoms with Gasteiger partial charge in [-0.15, -0.1) is 0 Å². The van der Waals surface area contributed by atoms with E-state index in [-0.39, 0.29) is 6.61 Å². The van der Waals surface area contributed by atoms with Crippen molar-refractivity contribution in [3.05, 3.63) is 30.1 Å². The molecule has 0 aliphatic carbocycles. The molecule has 0 unspecified atom stereocenters. The lowest BCUT2D eigenvalue weighted by Gasteiger charge is -2.07. The van der Waals surface area contributed by atoms with Crippen molar-refractivity contribution in [3.63, 3.8) is 0 Å². The summed E-state index contributed by atoms with van der Waals surface area (Å²) in [6.45, 7) is 3.61. The van der Waals surface area contributed by atoms with Gasteiger partial charge in [0.1, 0.15) is 5.65 Å². The Morgan fingerprint density at radius 2 is 1.90 bits per heavy atom. The Hall–Kier alpha value is -1.47. The van der Waals surface area contributed by atoms with Gasteiger partial charge in [-0.1, -0.05) is 0 Å². The first kappa shape index (κ1) is 15.9. The number of fused-ring (bicyclic) bond motifs is 1. The Balaban J connectivity index is 1.76. The van der Waals surface area contributed by atoms with Crippen LogP contribution in [0.3, 0.4) is 0 Å². The third kappa shape index (κ3) is 4.50. The molecule has 0 fully saturated rings. The molecule has 0 atom stereocenters. The van der Waals surface area contributed by atoms with Gasteiger partial charge >= 0.3 is 0 Å². The Bertz CT molecular complexity index is 541. The molecule has 6 nitrogen and oxygen atoms in total. The van der Waals surface area contributed by atoms with E-state index in [2.05, 4.69) is 4.98 Å². The largest absolute Gasteiger partial charge is 0.392 e. The summed E-state index contributed by atoms with van der Waals surface area (Å²) in [5.41, 5.74) is 1.77. The summed E-state index contributed by atoms with van der Waals surface area (Å²) >= 11 is 0. The molecule has 2 aromatic heterocycles. The predicted molar refractivity (Wildman–Crippen MR) is 79.2 cm³/mol. The maximum atomic E-state index is 9.36. The Labute approximate surface area is 124 Å². The molecule has 0 aromatic carbocycles. The number of ether oxygens (including phenoxy) is 3. The molecule has 21 heavy (non-hydrogen) atoms. The second-order valence-electron chi connectivity index (χ2n) is 4.60. The maximum absolute atomic E-state index is 9.36. The molecule has 0 aliphatic rings. The van der Waals surface area contributed by atoms with E-state index >= 15 is 0 Å². The highest BCUT2D eigenvalue weighted by molar-refractivity contribution is 5.80. The van der Waals surface area contributed by atoms with Gasteiger partial charge in [0.25, 0.3) is 0 Å². The molecule has 116 valence electrons. The van der Waals surface area contributed by atoms with Crippen LogP contribution < -0.4 is 0 Å². The summed E-state index contributed by atoms with van der Waals surface area (Å²) in [5.74, 6) is 0. The minimum absolute atomic E-state index is 0.0173. The van der Waals surface area contributed by atoms with Crippen molar-refractivity contribution in [1.82, 2.24) is 9.55 Å². The Morgan fingerprint density at radius 3 is 2.67 bits per heavy atom. The molecule has 2 aromatic rings. The number of methoxy groups -OCH3 is 1. The first-order valence-corrected chi connectivity index (χ1v) is 7.05. The van der Waals surface area contributed by atoms with Gasteiger partial charge in [0.05, 0.1) is 39.6 Å². The SMILES string of the molecule is COCCOCCOCCn1cc(CO)c2cccnc21. The first-order chi connectivity index (χ1) is 10.4. The number of pyridine rings is 1. The number of rotatable bonds is 10. The number of hydrogen-bond acceptors (Lipinski definition) is 5. The van der Waals surface area contributed by atoms with Crippen molar-refractivity contribution in [2.75, 3.05) is 40.1 Å². The summed E-state index contributed by atoms with van der Waals surface area (Å²) in [7, 11) is 1.65. The molecule has 2 rings (SSSR count). The third-order valence-electron chi connectivity index (χ3n) is 3.17. The molecule has 0 radical (unpaired) electrons. The molecule has 0 amide bonds. The molecule has 0 aliphatic heterocycles. The minimum Gasteiger partial charge on any atom is -0.392 e. The standard InChI is InChI=1S/C15H22N2O4/c1-19-7-8-21-10-9-20-6-5-17-11-13(12-18)14-3-2-4-16-15(14)17/h2-4,11,18H,5-10,12H2,1H3. The lowest BCUT2D eigenvalue weighted by atomic mass is 10.2. The topological polar surface area (TPSA) is 65.7 Å². The zero-order valence-electron chi connectivity index (χ0n) is 12.3. The Morgan fingerprint density at radius 1 is 1.14 bits per heavy atom. The van der Waals surface area contributed by atoms with E-state index in [0.717, 1.165) is 16.6 Å². The second kappa shape index (κ2) is 8.74. The lowest BCUT2D eigenvalue weighted by molar-refractivity contribution is 0.0232. The van der Waals surface area contributed by atoms with Crippen molar-refractivity contribution in [2.24, 2.45) is 0 Å². The lowest BCUT2D eigenvalue weighted by Crippen LogP contribution is -2.11. The average Bonchev–Trinajstić information content (AvgIpc) is 2.88. The van der Waals surface area contributed by atoms with E-state index in [1.807, 2.05) is 22.9 Å². The molecular weight excluding hydrogens is 272 g/mol. The smallest absolute Gasteiger partial charge is 0.140 e. The third-order valence-corrected chi connectivity index (χ3v) is 3.17. The van der Waals surface area contributed by atoms with Gasteiger partial charge in [-0.05, 0) is 12.1 Å². The van der Waals surface area contributed by atoms with Gasteiger partial charge in [0, 0.05) is 37.0 Å². The average molecular weight is 294 g/mol. The minimum atomic E-state index is 0.0173. The van der Waals surface area contributed by atoms with Crippen LogP contribution in [0, 0.1) is 0 Å². The highest BCUT2D eigenvalue weighted by atomic mass is 16.5. The molecule has 0 spiro atoms. The van der Waals surface area contributed by atoms with Crippen LogP contribution in [0.1, 0.15) is 5.56 Å². The second-order valence-corrected chi connectivity index (χ2v) is 4.60. The fraction of sp³-hybridized carbons (Fsp3) is 0.533. The van der Waals surface area contributed by atoms with Gasteiger partial charge in [-0.2, -0.15) is 0 Å². The zero-order chi connectivity index (χ0) is 14.9. The number of hydrogen-bond donors (Lipinski definition) is 1. The first-order valence-electron chi connectivity index (χ1n) is 7.05. The van der Waals surface area contributed by atoms with Gasteiger partial charge in [-0.3, -0.25) is 0 Å². The van der Waals surface area contributed by atoms with Crippen LogP contribution in [-0.2, 0) is 27.4 Å². The van der Waals surface area contributed by atoms with Crippen LogP contribution in [0.4, 0.5) is 0 Å². The van der Waals surface area contributed by atoms with Crippen LogP contribution in [0.15, 0.2) is 24.5 Å². The van der Waals surface area contributed by atoms with E-state index in [9.17, 15) is 5.11 Å². The monoisotopic (exact) mass is 294 g/mol. The fourth-order valence-corrected chi connectivity index (χ4v) is 2.12. The van der Waals surface area contributed by atoms with Crippen LogP contribution in [0.2, 0.25) is 0 Å². The fourth-order valence-electron chi connectivity index (χ4n) is 2.12. The molecule has 0 saturated carbocycles. The van der Waals surface area contributed by atoms with E-state index in [1.54, 1.807) is 13.3 Å². The van der Waals surface area contributed by atoms with Crippen molar-refractivity contribution < 1.29 is 19.3 Å². The summed E-state index contributed by atoms with van der Waals surface area (Å²) in [5, 5.41) is 10.4. The number of aliphatic hydroxyl groups is 1. The van der Waals surface area contributed by atoms with Crippen molar-refractivity contribution in [3.8, 4) is 0 Å². The van der Waals surface area contributed by atoms with Crippen LogP contribution in [0.5, 0.6) is 0 Å². The highest BCUT2D eigenvalue weighted by Gasteiger charge is 2.07. The zero-order valence-corrected chi connectivity index (χ0v) is 12.3. The molecule has 2 heterocycles. The van der Waals surface area contributed by atoms with E-state index in [1.165, 1.54) is 0 Å². The molecule has 0 saturated heterocycles. The van der Waals surface area contributed by atoms with Crippen molar-refractivity contribution in [2.45, 2.75) is 13.2 Å². The summed E-state index contributed by atoms with van der Waals surface area (Å²) in [4.78, 5) is 4.36. The summed E-state index contributed by atoms with van der Waals surface area (Å²) in [6.07, 6.45) is 3.68. The van der Waals surface area contributed by atoms with Crippen LogP contribution >= 0.6 is 0 Å². The number of aliphatic hydroxyl groups excluding tert-OH is 1. The number of nitrogens with zero attached hydrogens (tertiary/aromatic N) is 2. The van der Waals surface area contributed by atoms with E-state index in [0.29, 0.717) is 39.6 Å². The molecular formula is C15H22N2O4. The van der Waals surface area contributed by atoms with Gasteiger partial charge in [0.2, 0.25) is 0 Å². The normalized spacial score (nSPS) is 11.3. The molecule has 1 N–H and O–H groups in total. The van der Waals surface area contributed by atoms with Gasteiger partial charge in [0.15, 0.2) is 0 Å². The Kier molecular flexibility index (Phi) is 6.62. The van der Waals surface area contributed by atoms with E-state index < -0.39 is 0 Å². The van der Waals surface area contributed by atoms with Gasteiger partial charge < -0.3 is 23.9 Å². The summed E-state index contributed by atoms with van der Waals surface area (Å²) in [6, 6.07) is 3.84. The van der Waals surface area contributed by atoms with Crippen LogP contribution in [-0.4, -0.2) is 54.8 Å². The van der Waals surface area contributed by atoms with E-state index in [4.69, 9.17) is 14.2 Å². The molecule has 0 bridgehead atoms. The maximum Gasteiger partial charge on any atom is 0.140 e. The predicted octanol–water partition coefficient (Wildman–Crippen LogP) is 1.21. The van der Waals surface area contributed by atoms with Crippen molar-refractivity contribution >= 4 is 11.0 Å². The number of aromatic nitrogens is 2.